The van der Waals surface area contributed by atoms with Crippen LogP contribution >= 0.6 is 0 Å². The fourth-order valence-corrected chi connectivity index (χ4v) is 2.51. The molecule has 0 aliphatic carbocycles. The highest BCUT2D eigenvalue weighted by molar-refractivity contribution is 5.69. The first-order chi connectivity index (χ1) is 14.7. The lowest BCUT2D eigenvalue weighted by atomic mass is 10.1. The normalized spacial score (nSPS) is 13.6. The Balaban J connectivity index is 0.000000197. The fourth-order valence-electron chi connectivity index (χ4n) is 2.51. The van der Waals surface area contributed by atoms with Crippen LogP contribution in [0, 0.1) is 24.7 Å². The second-order valence-electron chi connectivity index (χ2n) is 5.88. The number of carbonyl (C=O) groups is 1. The molecule has 0 saturated carbocycles. The van der Waals surface area contributed by atoms with Crippen LogP contribution in [0.3, 0.4) is 0 Å². The lowest BCUT2D eigenvalue weighted by Gasteiger charge is -2.08. The van der Waals surface area contributed by atoms with Crippen molar-refractivity contribution in [2.75, 3.05) is 13.7 Å². The van der Waals surface area contributed by atoms with E-state index in [1.807, 2.05) is 72.8 Å². The molecule has 1 aliphatic rings. The number of hydrogen-bond donors (Lipinski definition) is 1. The number of rotatable bonds is 2. The van der Waals surface area contributed by atoms with E-state index in [1.165, 1.54) is 0 Å². The van der Waals surface area contributed by atoms with Crippen LogP contribution < -0.4 is 10.1 Å². The molecule has 2 aromatic carbocycles. The number of aromatic nitrogens is 1. The first kappa shape index (κ1) is 22.1. The fraction of sp³-hybridized carbons (Fsp3) is 0.120. The molecule has 4 rings (SSSR count). The molecule has 1 atom stereocenters. The Morgan fingerprint density at radius 1 is 1.03 bits per heavy atom. The van der Waals surface area contributed by atoms with Gasteiger partial charge in [-0.05, 0) is 47.9 Å². The molecule has 0 radical (unpaired) electrons. The van der Waals surface area contributed by atoms with Gasteiger partial charge in [-0.15, -0.1) is 12.8 Å². The summed E-state index contributed by atoms with van der Waals surface area (Å²) in [6, 6.07) is 23.1. The minimum absolute atomic E-state index is 0.197. The number of nitrogens with one attached hydrogen (secondary N) is 1. The van der Waals surface area contributed by atoms with Crippen LogP contribution in [0.5, 0.6) is 5.75 Å². The van der Waals surface area contributed by atoms with Gasteiger partial charge >= 0.3 is 6.09 Å². The van der Waals surface area contributed by atoms with Crippen LogP contribution in [0.1, 0.15) is 22.9 Å². The number of hydrogen-bond acceptors (Lipinski definition) is 4. The van der Waals surface area contributed by atoms with Gasteiger partial charge in [0.15, 0.2) is 0 Å². The van der Waals surface area contributed by atoms with E-state index >= 15 is 0 Å². The smallest absolute Gasteiger partial charge is 0.407 e. The Bertz CT molecular complexity index is 962. The Hall–Kier alpha value is -4.22. The standard InChI is InChI=1S/C13H9N.C10H11NO3.C2H2/c1-2-6-12(7-3-1)9-10-13-8-4-5-11-14-13;1-13-8-4-2-3-7(5-8)9-6-11-10(12)14-9;1-2/h1-8,11H;2-5,9H,6H2,1H3,(H,11,12);1-2H/t;9-;/m.1./s1. The molecule has 150 valence electrons. The van der Waals surface area contributed by atoms with Gasteiger partial charge in [-0.2, -0.15) is 0 Å². The maximum Gasteiger partial charge on any atom is 0.407 e. The summed E-state index contributed by atoms with van der Waals surface area (Å²) in [6.07, 6.45) is 9.19. The van der Waals surface area contributed by atoms with Gasteiger partial charge in [-0.1, -0.05) is 42.3 Å². The summed E-state index contributed by atoms with van der Waals surface area (Å²) in [5.74, 6) is 6.82. The number of amides is 1. The van der Waals surface area contributed by atoms with E-state index in [2.05, 4.69) is 35.0 Å². The number of benzene rings is 2. The van der Waals surface area contributed by atoms with Crippen LogP contribution in [0.15, 0.2) is 79.0 Å². The van der Waals surface area contributed by atoms with Gasteiger partial charge in [0, 0.05) is 11.8 Å². The third-order valence-electron chi connectivity index (χ3n) is 3.92. The van der Waals surface area contributed by atoms with Crippen LogP contribution in [-0.2, 0) is 4.74 Å². The minimum Gasteiger partial charge on any atom is -0.497 e. The van der Waals surface area contributed by atoms with E-state index in [9.17, 15) is 4.79 Å². The van der Waals surface area contributed by atoms with Crippen LogP contribution in [0.4, 0.5) is 4.79 Å². The highest BCUT2D eigenvalue weighted by atomic mass is 16.6. The van der Waals surface area contributed by atoms with Crippen molar-refractivity contribution in [3.8, 4) is 30.4 Å². The highest BCUT2D eigenvalue weighted by Crippen LogP contribution is 2.24. The first-order valence-electron chi connectivity index (χ1n) is 9.14. The van der Waals surface area contributed by atoms with Crippen molar-refractivity contribution in [2.45, 2.75) is 6.10 Å². The average Bonchev–Trinajstić information content (AvgIpc) is 3.27. The van der Waals surface area contributed by atoms with Gasteiger partial charge in [0.05, 0.1) is 13.7 Å². The summed E-state index contributed by atoms with van der Waals surface area (Å²) < 4.78 is 10.1. The number of cyclic esters (lactones) is 1. The zero-order valence-corrected chi connectivity index (χ0v) is 16.6. The summed E-state index contributed by atoms with van der Waals surface area (Å²) in [5, 5.41) is 2.60. The van der Waals surface area contributed by atoms with Crippen LogP contribution in [0.2, 0.25) is 0 Å². The van der Waals surface area contributed by atoms with E-state index in [-0.39, 0.29) is 12.2 Å². The van der Waals surface area contributed by atoms with Gasteiger partial charge < -0.3 is 14.8 Å². The molecular formula is C25H22N2O3. The molecule has 2 heterocycles. The van der Waals surface area contributed by atoms with Gasteiger partial charge in [-0.3, -0.25) is 0 Å². The minimum atomic E-state index is -0.363. The van der Waals surface area contributed by atoms with Crippen molar-refractivity contribution in [2.24, 2.45) is 0 Å². The molecule has 1 saturated heterocycles. The Morgan fingerprint density at radius 3 is 2.43 bits per heavy atom. The molecule has 0 unspecified atom stereocenters. The molecule has 1 aliphatic heterocycles. The molecular weight excluding hydrogens is 376 g/mol. The Morgan fingerprint density at radius 2 is 1.80 bits per heavy atom. The molecule has 1 fully saturated rings. The second kappa shape index (κ2) is 12.3. The maximum absolute atomic E-state index is 10.8. The van der Waals surface area contributed by atoms with Crippen molar-refractivity contribution in [3.05, 3.63) is 95.8 Å². The monoisotopic (exact) mass is 398 g/mol. The first-order valence-corrected chi connectivity index (χ1v) is 9.14. The molecule has 1 N–H and O–H groups in total. The van der Waals surface area contributed by atoms with Crippen molar-refractivity contribution < 1.29 is 14.3 Å². The maximum atomic E-state index is 10.8. The molecule has 5 nitrogen and oxygen atoms in total. The topological polar surface area (TPSA) is 60.5 Å². The molecule has 5 heteroatoms. The van der Waals surface area contributed by atoms with Crippen molar-refractivity contribution >= 4 is 6.09 Å². The van der Waals surface area contributed by atoms with Gasteiger partial charge in [0.1, 0.15) is 17.5 Å². The lowest BCUT2D eigenvalue weighted by molar-refractivity contribution is 0.141. The van der Waals surface area contributed by atoms with E-state index in [0.717, 1.165) is 22.6 Å². The zero-order chi connectivity index (χ0) is 21.6. The summed E-state index contributed by atoms with van der Waals surface area (Å²) in [7, 11) is 1.61. The van der Waals surface area contributed by atoms with Crippen LogP contribution in [0.25, 0.3) is 0 Å². The lowest BCUT2D eigenvalue weighted by Crippen LogP contribution is -2.12. The molecule has 30 heavy (non-hydrogen) atoms. The van der Waals surface area contributed by atoms with Gasteiger partial charge in [-0.25, -0.2) is 9.78 Å². The Kier molecular flexibility index (Phi) is 9.04. The number of methoxy groups -OCH3 is 1. The van der Waals surface area contributed by atoms with Crippen molar-refractivity contribution in [1.82, 2.24) is 10.3 Å². The predicted molar refractivity (Wildman–Crippen MR) is 117 cm³/mol. The number of ether oxygens (including phenoxy) is 2. The van der Waals surface area contributed by atoms with Gasteiger partial charge in [0.25, 0.3) is 0 Å². The molecule has 3 aromatic rings. The third-order valence-corrected chi connectivity index (χ3v) is 3.92. The molecule has 0 spiro atoms. The number of alkyl carbamates (subject to hydrolysis) is 1. The quantitative estimate of drug-likeness (QED) is 0.657. The highest BCUT2D eigenvalue weighted by Gasteiger charge is 2.24. The van der Waals surface area contributed by atoms with E-state index in [1.54, 1.807) is 13.3 Å². The van der Waals surface area contributed by atoms with Crippen LogP contribution in [-0.4, -0.2) is 24.7 Å². The van der Waals surface area contributed by atoms with Crippen molar-refractivity contribution in [1.29, 1.82) is 0 Å². The number of carbonyl (C=O) groups excluding carboxylic acids is 1. The van der Waals surface area contributed by atoms with E-state index in [0.29, 0.717) is 6.54 Å². The average molecular weight is 398 g/mol. The van der Waals surface area contributed by atoms with Crippen molar-refractivity contribution in [3.63, 3.8) is 0 Å². The largest absolute Gasteiger partial charge is 0.497 e. The van der Waals surface area contributed by atoms with Gasteiger partial charge in [0.2, 0.25) is 0 Å². The SMILES string of the molecule is C#C.C(#Cc1ccccn1)c1ccccc1.COc1cccc([C@H]2CNC(=O)O2)c1. The second-order valence-corrected chi connectivity index (χ2v) is 5.88. The number of pyridine rings is 1. The molecule has 1 amide bonds. The number of nitrogens with zero attached hydrogens (tertiary/aromatic N) is 1. The number of terminal acetylenes is 1. The van der Waals surface area contributed by atoms with E-state index < -0.39 is 0 Å². The summed E-state index contributed by atoms with van der Waals surface area (Å²) in [4.78, 5) is 14.9. The summed E-state index contributed by atoms with van der Waals surface area (Å²) >= 11 is 0. The molecule has 1 aromatic heterocycles. The Labute approximate surface area is 177 Å². The summed E-state index contributed by atoms with van der Waals surface area (Å²) in [5.41, 5.74) is 2.76. The summed E-state index contributed by atoms with van der Waals surface area (Å²) in [6.45, 7) is 0.520. The predicted octanol–water partition coefficient (Wildman–Crippen LogP) is 4.21. The van der Waals surface area contributed by atoms with E-state index in [4.69, 9.17) is 9.47 Å². The zero-order valence-electron chi connectivity index (χ0n) is 16.6. The third kappa shape index (κ3) is 7.07. The molecule has 0 bridgehead atoms.